The van der Waals surface area contributed by atoms with Gasteiger partial charge in [-0.2, -0.15) is 0 Å². The highest BCUT2D eigenvalue weighted by Crippen LogP contribution is 2.25. The van der Waals surface area contributed by atoms with Crippen LogP contribution < -0.4 is 5.32 Å². The Morgan fingerprint density at radius 3 is 2.54 bits per heavy atom. The van der Waals surface area contributed by atoms with Crippen LogP contribution in [0.3, 0.4) is 0 Å². The van der Waals surface area contributed by atoms with Gasteiger partial charge in [0.1, 0.15) is 5.82 Å². The normalized spacial score (nSPS) is 16.5. The number of rotatable bonds is 7. The molecule has 1 aliphatic rings. The summed E-state index contributed by atoms with van der Waals surface area (Å²) in [6.07, 6.45) is 1.18. The topological polar surface area (TPSA) is 49.4 Å². The van der Waals surface area contributed by atoms with Gasteiger partial charge in [-0.25, -0.2) is 13.2 Å². The van der Waals surface area contributed by atoms with Crippen LogP contribution in [0, 0.1) is 17.5 Å². The third kappa shape index (κ3) is 4.71. The van der Waals surface area contributed by atoms with Crippen LogP contribution in [0.4, 0.5) is 13.2 Å². The van der Waals surface area contributed by atoms with Crippen LogP contribution in [-0.4, -0.2) is 29.3 Å². The van der Waals surface area contributed by atoms with Crippen molar-refractivity contribution in [3.05, 3.63) is 71.0 Å². The van der Waals surface area contributed by atoms with Gasteiger partial charge in [0.15, 0.2) is 11.6 Å². The summed E-state index contributed by atoms with van der Waals surface area (Å²) in [5.41, 5.74) is 0.599. The monoisotopic (exact) mass is 390 g/mol. The second-order valence-electron chi connectivity index (χ2n) is 6.82. The van der Waals surface area contributed by atoms with E-state index in [1.54, 1.807) is 18.2 Å². The molecule has 1 aliphatic heterocycles. The van der Waals surface area contributed by atoms with Gasteiger partial charge in [0.05, 0.1) is 0 Å². The first-order chi connectivity index (χ1) is 13.5. The summed E-state index contributed by atoms with van der Waals surface area (Å²) in [7, 11) is 0. The summed E-state index contributed by atoms with van der Waals surface area (Å²) >= 11 is 0. The van der Waals surface area contributed by atoms with Crippen molar-refractivity contribution in [1.29, 1.82) is 0 Å². The molecule has 3 rings (SSSR count). The minimum Gasteiger partial charge on any atom is -0.356 e. The number of hydrogen-bond acceptors (Lipinski definition) is 2. The van der Waals surface area contributed by atoms with Crippen molar-refractivity contribution < 1.29 is 22.8 Å². The van der Waals surface area contributed by atoms with Gasteiger partial charge < -0.3 is 10.2 Å². The smallest absolute Gasteiger partial charge is 0.223 e. The van der Waals surface area contributed by atoms with Crippen molar-refractivity contribution in [2.45, 2.75) is 38.3 Å². The predicted molar refractivity (Wildman–Crippen MR) is 97.7 cm³/mol. The zero-order chi connectivity index (χ0) is 20.1. The van der Waals surface area contributed by atoms with Gasteiger partial charge in [0, 0.05) is 37.5 Å². The largest absolute Gasteiger partial charge is 0.356 e. The molecule has 1 heterocycles. The van der Waals surface area contributed by atoms with E-state index in [1.807, 2.05) is 0 Å². The summed E-state index contributed by atoms with van der Waals surface area (Å²) in [4.78, 5) is 25.8. The van der Waals surface area contributed by atoms with Crippen LogP contribution in [0.1, 0.15) is 30.4 Å². The maximum atomic E-state index is 13.9. The number of carbonyl (C=O) groups excluding carboxylic acids is 2. The number of benzene rings is 2. The van der Waals surface area contributed by atoms with Crippen LogP contribution in [-0.2, 0) is 22.6 Å². The predicted octanol–water partition coefficient (Wildman–Crippen LogP) is 3.34. The van der Waals surface area contributed by atoms with Crippen molar-refractivity contribution >= 4 is 11.8 Å². The maximum Gasteiger partial charge on any atom is 0.223 e. The lowest BCUT2D eigenvalue weighted by atomic mass is 10.1. The Labute approximate surface area is 161 Å². The molecule has 1 saturated heterocycles. The second-order valence-corrected chi connectivity index (χ2v) is 6.82. The number of nitrogens with one attached hydrogen (secondary N) is 1. The van der Waals surface area contributed by atoms with Gasteiger partial charge >= 0.3 is 0 Å². The molecular weight excluding hydrogens is 369 g/mol. The lowest BCUT2D eigenvalue weighted by Crippen LogP contribution is -2.37. The minimum atomic E-state index is -0.977. The fourth-order valence-electron chi connectivity index (χ4n) is 3.40. The summed E-state index contributed by atoms with van der Waals surface area (Å²) in [5.74, 6) is -2.71. The molecule has 148 valence electrons. The molecule has 0 aromatic heterocycles. The molecule has 1 atom stereocenters. The Balaban J connectivity index is 1.55. The first-order valence-corrected chi connectivity index (χ1v) is 9.18. The molecule has 1 unspecified atom stereocenters. The number of likely N-dealkylation sites (tertiary alicyclic amines) is 1. The van der Waals surface area contributed by atoms with Crippen molar-refractivity contribution in [3.63, 3.8) is 0 Å². The highest BCUT2D eigenvalue weighted by Gasteiger charge is 2.33. The molecule has 2 amide bonds. The van der Waals surface area contributed by atoms with Gasteiger partial charge in [-0.15, -0.1) is 0 Å². The fourth-order valence-corrected chi connectivity index (χ4v) is 3.40. The third-order valence-electron chi connectivity index (χ3n) is 4.92. The van der Waals surface area contributed by atoms with Crippen LogP contribution >= 0.6 is 0 Å². The Hall–Kier alpha value is -2.83. The quantitative estimate of drug-likeness (QED) is 0.788. The van der Waals surface area contributed by atoms with E-state index in [-0.39, 0.29) is 55.2 Å². The summed E-state index contributed by atoms with van der Waals surface area (Å²) in [5, 5.41) is 2.73. The van der Waals surface area contributed by atoms with E-state index in [0.717, 1.165) is 6.07 Å². The number of halogens is 3. The van der Waals surface area contributed by atoms with Gasteiger partial charge in [0.25, 0.3) is 0 Å². The van der Waals surface area contributed by atoms with E-state index in [2.05, 4.69) is 5.32 Å². The van der Waals surface area contributed by atoms with Crippen molar-refractivity contribution in [3.8, 4) is 0 Å². The highest BCUT2D eigenvalue weighted by atomic mass is 19.2. The van der Waals surface area contributed by atoms with Gasteiger partial charge in [0.2, 0.25) is 11.8 Å². The average molecular weight is 390 g/mol. The average Bonchev–Trinajstić information content (AvgIpc) is 3.00. The van der Waals surface area contributed by atoms with Crippen molar-refractivity contribution in [1.82, 2.24) is 10.2 Å². The van der Waals surface area contributed by atoms with Crippen LogP contribution in [0.25, 0.3) is 0 Å². The minimum absolute atomic E-state index is 0.0694. The van der Waals surface area contributed by atoms with Crippen molar-refractivity contribution in [2.75, 3.05) is 6.54 Å². The van der Waals surface area contributed by atoms with E-state index in [9.17, 15) is 22.8 Å². The number of amides is 2. The third-order valence-corrected chi connectivity index (χ3v) is 4.92. The van der Waals surface area contributed by atoms with Crippen molar-refractivity contribution in [2.24, 2.45) is 0 Å². The number of nitrogens with zero attached hydrogens (tertiary/aromatic N) is 1. The molecular formula is C21H21F3N2O2. The summed E-state index contributed by atoms with van der Waals surface area (Å²) in [6, 6.07) is 9.82. The lowest BCUT2D eigenvalue weighted by Gasteiger charge is -2.25. The fraction of sp³-hybridized carbons (Fsp3) is 0.333. The maximum absolute atomic E-state index is 13.9. The van der Waals surface area contributed by atoms with Crippen LogP contribution in [0.2, 0.25) is 0 Å². The Morgan fingerprint density at radius 2 is 1.75 bits per heavy atom. The highest BCUT2D eigenvalue weighted by molar-refractivity contribution is 5.82. The van der Waals surface area contributed by atoms with Crippen LogP contribution in [0.15, 0.2) is 42.5 Å². The summed E-state index contributed by atoms with van der Waals surface area (Å²) < 4.78 is 40.9. The van der Waals surface area contributed by atoms with Gasteiger partial charge in [-0.05, 0) is 30.5 Å². The van der Waals surface area contributed by atoms with E-state index in [4.69, 9.17) is 0 Å². The molecule has 7 heteroatoms. The molecule has 2 aromatic rings. The Bertz CT molecular complexity index is 872. The molecule has 0 saturated carbocycles. The van der Waals surface area contributed by atoms with Gasteiger partial charge in [-0.1, -0.05) is 30.3 Å². The lowest BCUT2D eigenvalue weighted by molar-refractivity contribution is -0.130. The van der Waals surface area contributed by atoms with E-state index in [0.29, 0.717) is 18.4 Å². The van der Waals surface area contributed by atoms with Gasteiger partial charge in [-0.3, -0.25) is 9.59 Å². The molecule has 1 fully saturated rings. The molecule has 2 aromatic carbocycles. The summed E-state index contributed by atoms with van der Waals surface area (Å²) in [6.45, 7) is 0.203. The molecule has 0 aliphatic carbocycles. The van der Waals surface area contributed by atoms with Crippen LogP contribution in [0.5, 0.6) is 0 Å². The standard InChI is InChI=1S/C21H21F3N2O2/c22-17-6-2-1-4-14(17)10-11-25-19(27)12-16-8-9-20(28)26(16)13-15-5-3-7-18(23)21(15)24/h1-7,16H,8-13H2,(H,25,27). The molecule has 0 spiro atoms. The zero-order valence-electron chi connectivity index (χ0n) is 15.3. The Kier molecular flexibility index (Phi) is 6.34. The first kappa shape index (κ1) is 19.9. The van der Waals surface area contributed by atoms with E-state index < -0.39 is 11.6 Å². The first-order valence-electron chi connectivity index (χ1n) is 9.18. The number of carbonyl (C=O) groups is 2. The number of hydrogen-bond donors (Lipinski definition) is 1. The SMILES string of the molecule is O=C(CC1CCC(=O)N1Cc1cccc(F)c1F)NCCc1ccccc1F. The molecule has 28 heavy (non-hydrogen) atoms. The second kappa shape index (κ2) is 8.91. The van der Waals surface area contributed by atoms with E-state index >= 15 is 0 Å². The van der Waals surface area contributed by atoms with E-state index in [1.165, 1.54) is 23.1 Å². The zero-order valence-corrected chi connectivity index (χ0v) is 15.3. The molecule has 4 nitrogen and oxygen atoms in total. The molecule has 0 bridgehead atoms. The molecule has 0 radical (unpaired) electrons. The molecule has 1 N–H and O–H groups in total. The Morgan fingerprint density at radius 1 is 1.04 bits per heavy atom.